The summed E-state index contributed by atoms with van der Waals surface area (Å²) in [6, 6.07) is 14.1. The molecule has 162 valence electrons. The summed E-state index contributed by atoms with van der Waals surface area (Å²) in [5.41, 5.74) is 4.17. The molecule has 1 saturated heterocycles. The average molecular weight is 419 g/mol. The fraction of sp³-hybridized carbons (Fsp3) is 0.440. The topological polar surface area (TPSA) is 63.4 Å². The van der Waals surface area contributed by atoms with Crippen LogP contribution >= 0.6 is 0 Å². The van der Waals surface area contributed by atoms with E-state index in [4.69, 9.17) is 4.74 Å². The first kappa shape index (κ1) is 20.2. The van der Waals surface area contributed by atoms with Crippen LogP contribution < -0.4 is 4.74 Å². The van der Waals surface area contributed by atoms with E-state index in [1.54, 1.807) is 0 Å². The number of pyridine rings is 1. The van der Waals surface area contributed by atoms with Crippen LogP contribution in [0, 0.1) is 25.7 Å². The van der Waals surface area contributed by atoms with E-state index < -0.39 is 6.10 Å². The third-order valence-corrected chi connectivity index (χ3v) is 6.68. The van der Waals surface area contributed by atoms with Crippen LogP contribution in [0.3, 0.4) is 0 Å². The Morgan fingerprint density at radius 1 is 1.03 bits per heavy atom. The zero-order valence-corrected chi connectivity index (χ0v) is 18.2. The van der Waals surface area contributed by atoms with Crippen molar-refractivity contribution in [3.05, 3.63) is 71.8 Å². The van der Waals surface area contributed by atoms with Gasteiger partial charge in [-0.25, -0.2) is 4.68 Å². The van der Waals surface area contributed by atoms with E-state index in [1.807, 2.05) is 55.1 Å². The molecule has 1 aliphatic carbocycles. The second-order valence-electron chi connectivity index (χ2n) is 9.07. The number of likely N-dealkylation sites (tertiary alicyclic amines) is 1. The van der Waals surface area contributed by atoms with Gasteiger partial charge < -0.3 is 9.84 Å². The molecular formula is C25H30N4O2. The highest BCUT2D eigenvalue weighted by atomic mass is 16.5. The number of rotatable bonds is 5. The Hall–Kier alpha value is -2.70. The zero-order chi connectivity index (χ0) is 21.4. The number of hydrogen-bond donors (Lipinski definition) is 1. The van der Waals surface area contributed by atoms with Crippen LogP contribution in [0.2, 0.25) is 0 Å². The number of hydrogen-bond acceptors (Lipinski definition) is 5. The molecule has 0 bridgehead atoms. The van der Waals surface area contributed by atoms with Crippen molar-refractivity contribution in [2.45, 2.75) is 45.4 Å². The van der Waals surface area contributed by atoms with Crippen LogP contribution in [0.15, 0.2) is 54.9 Å². The van der Waals surface area contributed by atoms with E-state index in [0.29, 0.717) is 11.8 Å². The third-order valence-electron chi connectivity index (χ3n) is 6.68. The molecule has 0 unspecified atom stereocenters. The van der Waals surface area contributed by atoms with Crippen molar-refractivity contribution in [2.24, 2.45) is 11.8 Å². The number of para-hydroxylation sites is 1. The van der Waals surface area contributed by atoms with Crippen molar-refractivity contribution in [1.29, 1.82) is 0 Å². The summed E-state index contributed by atoms with van der Waals surface area (Å²) in [5.74, 6) is 1.86. The van der Waals surface area contributed by atoms with Gasteiger partial charge in [-0.05, 0) is 62.8 Å². The smallest absolute Gasteiger partial charge is 0.141 e. The van der Waals surface area contributed by atoms with Gasteiger partial charge in [0.25, 0.3) is 0 Å². The highest BCUT2D eigenvalue weighted by Crippen LogP contribution is 2.38. The Balaban J connectivity index is 1.21. The van der Waals surface area contributed by atoms with Crippen molar-refractivity contribution in [3.8, 4) is 11.4 Å². The predicted octanol–water partition coefficient (Wildman–Crippen LogP) is 3.53. The van der Waals surface area contributed by atoms with Gasteiger partial charge in [-0.2, -0.15) is 5.10 Å². The fourth-order valence-electron chi connectivity index (χ4n) is 5.13. The van der Waals surface area contributed by atoms with Crippen LogP contribution in [0.4, 0.5) is 0 Å². The molecule has 6 heteroatoms. The monoisotopic (exact) mass is 418 g/mol. The van der Waals surface area contributed by atoms with Crippen LogP contribution in [0.1, 0.15) is 29.8 Å². The Bertz CT molecular complexity index is 1040. The lowest BCUT2D eigenvalue weighted by Gasteiger charge is -2.35. The average Bonchev–Trinajstić information content (AvgIpc) is 3.37. The lowest BCUT2D eigenvalue weighted by atomic mass is 9.78. The van der Waals surface area contributed by atoms with Gasteiger partial charge in [-0.3, -0.25) is 9.88 Å². The van der Waals surface area contributed by atoms with E-state index in [1.165, 1.54) is 5.56 Å². The minimum absolute atomic E-state index is 0.162. The standard InChI is InChI=1S/C25H30N4O2/c1-17-8-9-24(18(2)27-17)31-25-11-21-16-28(15-20(21)10-23(25)30)13-19-12-26-29(14-19)22-6-4-3-5-7-22/h3-9,12,14,20-21,23,25,30H,10-11,13,15-16H2,1-2H3/t20-,21+,23+,25+/m0/s1. The summed E-state index contributed by atoms with van der Waals surface area (Å²) in [7, 11) is 0. The van der Waals surface area contributed by atoms with E-state index in [9.17, 15) is 5.11 Å². The summed E-state index contributed by atoms with van der Waals surface area (Å²) >= 11 is 0. The summed E-state index contributed by atoms with van der Waals surface area (Å²) in [6.07, 6.45) is 5.17. The highest BCUT2D eigenvalue weighted by molar-refractivity contribution is 5.31. The summed E-state index contributed by atoms with van der Waals surface area (Å²) in [6.45, 7) is 6.90. The molecule has 0 spiro atoms. The number of nitrogens with zero attached hydrogens (tertiary/aromatic N) is 4. The Morgan fingerprint density at radius 3 is 2.58 bits per heavy atom. The second kappa shape index (κ2) is 8.44. The first-order valence-corrected chi connectivity index (χ1v) is 11.2. The SMILES string of the molecule is Cc1ccc(O[C@@H]2C[C@@H]3CN(Cc4cnn(-c5ccccc5)c4)C[C@@H]3C[C@H]2O)c(C)n1. The van der Waals surface area contributed by atoms with Crippen LogP contribution in [-0.4, -0.2) is 50.1 Å². The van der Waals surface area contributed by atoms with Crippen molar-refractivity contribution in [3.63, 3.8) is 0 Å². The van der Waals surface area contributed by atoms with Gasteiger partial charge in [0.05, 0.1) is 23.7 Å². The van der Waals surface area contributed by atoms with Gasteiger partial charge in [-0.1, -0.05) is 18.2 Å². The highest BCUT2D eigenvalue weighted by Gasteiger charge is 2.42. The lowest BCUT2D eigenvalue weighted by Crippen LogP contribution is -2.42. The zero-order valence-electron chi connectivity index (χ0n) is 18.2. The fourth-order valence-corrected chi connectivity index (χ4v) is 5.13. The molecule has 1 N–H and O–H groups in total. The van der Waals surface area contributed by atoms with Crippen molar-refractivity contribution in [1.82, 2.24) is 19.7 Å². The van der Waals surface area contributed by atoms with Gasteiger partial charge in [0, 0.05) is 37.1 Å². The number of ether oxygens (including phenoxy) is 1. The number of aromatic nitrogens is 3. The van der Waals surface area contributed by atoms with Gasteiger partial charge in [0.15, 0.2) is 0 Å². The van der Waals surface area contributed by atoms with E-state index in [0.717, 1.165) is 55.3 Å². The Morgan fingerprint density at radius 2 is 1.81 bits per heavy atom. The summed E-state index contributed by atoms with van der Waals surface area (Å²) < 4.78 is 8.16. The first-order chi connectivity index (χ1) is 15.0. The second-order valence-corrected chi connectivity index (χ2v) is 9.07. The molecule has 5 rings (SSSR count). The molecule has 2 fully saturated rings. The number of benzene rings is 1. The van der Waals surface area contributed by atoms with Crippen molar-refractivity contribution < 1.29 is 9.84 Å². The molecule has 31 heavy (non-hydrogen) atoms. The predicted molar refractivity (Wildman–Crippen MR) is 119 cm³/mol. The minimum Gasteiger partial charge on any atom is -0.486 e. The maximum absolute atomic E-state index is 10.8. The Kier molecular flexibility index (Phi) is 5.50. The lowest BCUT2D eigenvalue weighted by molar-refractivity contribution is -0.0236. The third kappa shape index (κ3) is 4.36. The van der Waals surface area contributed by atoms with Crippen molar-refractivity contribution >= 4 is 0 Å². The largest absolute Gasteiger partial charge is 0.486 e. The van der Waals surface area contributed by atoms with Crippen LogP contribution in [0.25, 0.3) is 5.69 Å². The van der Waals surface area contributed by atoms with Gasteiger partial charge in [-0.15, -0.1) is 0 Å². The van der Waals surface area contributed by atoms with E-state index >= 15 is 0 Å². The number of fused-ring (bicyclic) bond motifs is 1. The molecule has 6 nitrogen and oxygen atoms in total. The van der Waals surface area contributed by atoms with E-state index in [2.05, 4.69) is 33.3 Å². The van der Waals surface area contributed by atoms with Crippen molar-refractivity contribution in [2.75, 3.05) is 13.1 Å². The molecule has 4 atom stereocenters. The molecule has 2 aliphatic rings. The summed E-state index contributed by atoms with van der Waals surface area (Å²) in [4.78, 5) is 6.99. The number of aryl methyl sites for hydroxylation is 2. The minimum atomic E-state index is -0.428. The molecule has 1 saturated carbocycles. The van der Waals surface area contributed by atoms with Gasteiger partial charge in [0.1, 0.15) is 11.9 Å². The molecule has 0 radical (unpaired) electrons. The first-order valence-electron chi connectivity index (χ1n) is 11.2. The molecule has 3 aromatic rings. The maximum atomic E-state index is 10.8. The molecule has 0 amide bonds. The van der Waals surface area contributed by atoms with Crippen LogP contribution in [-0.2, 0) is 6.54 Å². The van der Waals surface area contributed by atoms with Gasteiger partial charge in [0.2, 0.25) is 0 Å². The van der Waals surface area contributed by atoms with Gasteiger partial charge >= 0.3 is 0 Å². The molecular weight excluding hydrogens is 388 g/mol. The normalized spacial score (nSPS) is 26.0. The quantitative estimate of drug-likeness (QED) is 0.687. The molecule has 2 aromatic heterocycles. The molecule has 1 aromatic carbocycles. The number of aliphatic hydroxyl groups excluding tert-OH is 1. The van der Waals surface area contributed by atoms with Crippen LogP contribution in [0.5, 0.6) is 5.75 Å². The Labute approximate surface area is 183 Å². The maximum Gasteiger partial charge on any atom is 0.141 e. The number of aliphatic hydroxyl groups is 1. The van der Waals surface area contributed by atoms with E-state index in [-0.39, 0.29) is 6.10 Å². The summed E-state index contributed by atoms with van der Waals surface area (Å²) in [5, 5.41) is 15.3. The molecule has 3 heterocycles. The molecule has 1 aliphatic heterocycles.